The number of methoxy groups -OCH3 is 1. The van der Waals surface area contributed by atoms with Gasteiger partial charge in [0.1, 0.15) is 12.4 Å². The molecular formula is C20H22F3N3O6. The highest BCUT2D eigenvalue weighted by Crippen LogP contribution is 2.35. The number of ether oxygens (including phenoxy) is 3. The third-order valence-electron chi connectivity index (χ3n) is 3.97. The summed E-state index contributed by atoms with van der Waals surface area (Å²) in [6, 6.07) is 4.90. The molecule has 2 rings (SSSR count). The van der Waals surface area contributed by atoms with Crippen LogP contribution in [0.3, 0.4) is 0 Å². The minimum atomic E-state index is -4.63. The van der Waals surface area contributed by atoms with E-state index in [-0.39, 0.29) is 30.3 Å². The van der Waals surface area contributed by atoms with Crippen molar-refractivity contribution in [2.75, 3.05) is 32.2 Å². The van der Waals surface area contributed by atoms with Crippen LogP contribution in [0.2, 0.25) is 0 Å². The molecule has 2 aromatic rings. The Labute approximate surface area is 181 Å². The molecule has 0 saturated heterocycles. The lowest BCUT2D eigenvalue weighted by Crippen LogP contribution is -2.26. The average molecular weight is 457 g/mol. The number of carbonyl (C=O) groups is 2. The molecule has 1 heterocycles. The highest BCUT2D eigenvalue weighted by molar-refractivity contribution is 5.95. The average Bonchev–Trinajstić information content (AvgIpc) is 2.74. The van der Waals surface area contributed by atoms with E-state index in [9.17, 15) is 27.6 Å². The van der Waals surface area contributed by atoms with Gasteiger partial charge in [0.2, 0.25) is 0 Å². The molecule has 0 aliphatic heterocycles. The molecule has 0 bridgehead atoms. The van der Waals surface area contributed by atoms with Gasteiger partial charge in [0, 0.05) is 19.7 Å². The van der Waals surface area contributed by atoms with Gasteiger partial charge in [0.25, 0.3) is 11.5 Å². The Morgan fingerprint density at radius 3 is 2.56 bits per heavy atom. The van der Waals surface area contributed by atoms with Crippen molar-refractivity contribution in [1.82, 2.24) is 9.78 Å². The first-order valence-electron chi connectivity index (χ1n) is 9.53. The second kappa shape index (κ2) is 11.3. The third kappa shape index (κ3) is 7.08. The number of anilines is 1. The van der Waals surface area contributed by atoms with Crippen molar-refractivity contribution in [1.29, 1.82) is 0 Å². The van der Waals surface area contributed by atoms with Gasteiger partial charge >= 0.3 is 12.1 Å². The van der Waals surface area contributed by atoms with Crippen LogP contribution in [0, 0.1) is 0 Å². The Bertz CT molecular complexity index is 1010. The van der Waals surface area contributed by atoms with Crippen LogP contribution in [0.5, 0.6) is 5.75 Å². The van der Waals surface area contributed by atoms with E-state index in [2.05, 4.69) is 10.4 Å². The zero-order chi connectivity index (χ0) is 23.7. The quantitative estimate of drug-likeness (QED) is 0.431. The minimum Gasteiger partial charge on any atom is -0.489 e. The van der Waals surface area contributed by atoms with Crippen molar-refractivity contribution in [3.63, 3.8) is 0 Å². The summed E-state index contributed by atoms with van der Waals surface area (Å²) in [6.45, 7) is 1.55. The predicted octanol–water partition coefficient (Wildman–Crippen LogP) is 2.49. The highest BCUT2D eigenvalue weighted by atomic mass is 19.4. The van der Waals surface area contributed by atoms with Crippen LogP contribution in [0.15, 0.2) is 35.1 Å². The summed E-state index contributed by atoms with van der Waals surface area (Å²) in [5.41, 5.74) is -1.82. The number of nitrogens with one attached hydrogen (secondary N) is 1. The van der Waals surface area contributed by atoms with Gasteiger partial charge in [-0.3, -0.25) is 9.59 Å². The van der Waals surface area contributed by atoms with Crippen molar-refractivity contribution in [2.24, 2.45) is 0 Å². The van der Waals surface area contributed by atoms with Gasteiger partial charge in [-0.2, -0.15) is 18.3 Å². The summed E-state index contributed by atoms with van der Waals surface area (Å²) in [4.78, 5) is 36.0. The summed E-state index contributed by atoms with van der Waals surface area (Å²) < 4.78 is 55.2. The maximum Gasteiger partial charge on any atom is 0.416 e. The molecule has 0 radical (unpaired) electrons. The van der Waals surface area contributed by atoms with Crippen LogP contribution in [0.25, 0.3) is 0 Å². The molecular weight excluding hydrogens is 435 g/mol. The van der Waals surface area contributed by atoms with E-state index in [1.807, 2.05) is 6.92 Å². The number of amides is 1. The van der Waals surface area contributed by atoms with E-state index < -0.39 is 35.8 Å². The van der Waals surface area contributed by atoms with Gasteiger partial charge in [0.05, 0.1) is 17.9 Å². The van der Waals surface area contributed by atoms with Crippen LogP contribution in [-0.4, -0.2) is 48.6 Å². The predicted molar refractivity (Wildman–Crippen MR) is 107 cm³/mol. The van der Waals surface area contributed by atoms with E-state index in [4.69, 9.17) is 14.2 Å². The van der Waals surface area contributed by atoms with Crippen LogP contribution in [0.1, 0.15) is 29.4 Å². The SMILES string of the molecule is CCCn1nc(C(=O)OCC(=O)Nc2cc(C(F)(F)F)ccc2OCCOC)ccc1=O. The Kier molecular flexibility index (Phi) is 8.76. The summed E-state index contributed by atoms with van der Waals surface area (Å²) in [6.07, 6.45) is -4.02. The van der Waals surface area contributed by atoms with Gasteiger partial charge in [-0.1, -0.05) is 6.92 Å². The molecule has 174 valence electrons. The Hall–Kier alpha value is -3.41. The largest absolute Gasteiger partial charge is 0.489 e. The normalized spacial score (nSPS) is 11.2. The van der Waals surface area contributed by atoms with E-state index in [1.54, 1.807) is 0 Å². The first-order valence-corrected chi connectivity index (χ1v) is 9.53. The van der Waals surface area contributed by atoms with Crippen molar-refractivity contribution in [2.45, 2.75) is 26.1 Å². The number of aromatic nitrogens is 2. The second-order valence-corrected chi connectivity index (χ2v) is 6.45. The molecule has 1 aromatic heterocycles. The summed E-state index contributed by atoms with van der Waals surface area (Å²) >= 11 is 0. The number of esters is 1. The Morgan fingerprint density at radius 2 is 1.91 bits per heavy atom. The molecule has 32 heavy (non-hydrogen) atoms. The number of rotatable bonds is 10. The number of aryl methyl sites for hydroxylation is 1. The van der Waals surface area contributed by atoms with E-state index in [0.717, 1.165) is 28.9 Å². The van der Waals surface area contributed by atoms with Crippen molar-refractivity contribution in [3.8, 4) is 5.75 Å². The summed E-state index contributed by atoms with van der Waals surface area (Å²) in [5, 5.41) is 6.10. The fourth-order valence-corrected chi connectivity index (χ4v) is 2.49. The highest BCUT2D eigenvalue weighted by Gasteiger charge is 2.31. The molecule has 9 nitrogen and oxygen atoms in total. The zero-order valence-electron chi connectivity index (χ0n) is 17.4. The van der Waals surface area contributed by atoms with Gasteiger partial charge in [-0.05, 0) is 30.7 Å². The molecule has 0 aliphatic carbocycles. The van der Waals surface area contributed by atoms with Crippen LogP contribution in [0.4, 0.5) is 18.9 Å². The molecule has 0 saturated carbocycles. The zero-order valence-corrected chi connectivity index (χ0v) is 17.4. The number of alkyl halides is 3. The van der Waals surface area contributed by atoms with Gasteiger partial charge < -0.3 is 19.5 Å². The molecule has 12 heteroatoms. The number of benzene rings is 1. The lowest BCUT2D eigenvalue weighted by atomic mass is 10.1. The van der Waals surface area contributed by atoms with Crippen LogP contribution >= 0.6 is 0 Å². The van der Waals surface area contributed by atoms with Gasteiger partial charge in [-0.15, -0.1) is 0 Å². The standard InChI is InChI=1S/C20H22F3N3O6/c1-3-8-26-18(28)7-5-14(25-26)19(29)32-12-17(27)24-15-11-13(20(21,22)23)4-6-16(15)31-10-9-30-2/h4-7,11H,3,8-10,12H2,1-2H3,(H,24,27). The first-order chi connectivity index (χ1) is 15.2. The molecule has 1 aromatic carbocycles. The maximum atomic E-state index is 13.0. The minimum absolute atomic E-state index is 0.0111. The molecule has 0 unspecified atom stereocenters. The third-order valence-corrected chi connectivity index (χ3v) is 3.97. The number of carbonyl (C=O) groups excluding carboxylic acids is 2. The monoisotopic (exact) mass is 457 g/mol. The topological polar surface area (TPSA) is 109 Å². The van der Waals surface area contributed by atoms with Crippen molar-refractivity contribution < 1.29 is 37.0 Å². The second-order valence-electron chi connectivity index (χ2n) is 6.45. The lowest BCUT2D eigenvalue weighted by molar-refractivity contribution is -0.137. The molecule has 1 N–H and O–H groups in total. The van der Waals surface area contributed by atoms with Gasteiger partial charge in [0.15, 0.2) is 12.3 Å². The van der Waals surface area contributed by atoms with Crippen LogP contribution in [-0.2, 0) is 27.0 Å². The number of nitrogens with zero attached hydrogens (tertiary/aromatic N) is 2. The Morgan fingerprint density at radius 1 is 1.16 bits per heavy atom. The van der Waals surface area contributed by atoms with Crippen molar-refractivity contribution in [3.05, 3.63) is 51.9 Å². The summed E-state index contributed by atoms with van der Waals surface area (Å²) in [5.74, 6) is -1.87. The lowest BCUT2D eigenvalue weighted by Gasteiger charge is -2.15. The van der Waals surface area contributed by atoms with Crippen LogP contribution < -0.4 is 15.6 Å². The molecule has 0 spiro atoms. The molecule has 1 amide bonds. The fraction of sp³-hybridized carbons (Fsp3) is 0.400. The maximum absolute atomic E-state index is 13.0. The molecule has 0 fully saturated rings. The number of hydrogen-bond donors (Lipinski definition) is 1. The van der Waals surface area contributed by atoms with E-state index in [0.29, 0.717) is 19.0 Å². The number of hydrogen-bond acceptors (Lipinski definition) is 7. The smallest absolute Gasteiger partial charge is 0.416 e. The van der Waals surface area contributed by atoms with Crippen molar-refractivity contribution >= 4 is 17.6 Å². The first kappa shape index (κ1) is 24.9. The van der Waals surface area contributed by atoms with E-state index in [1.165, 1.54) is 7.11 Å². The summed E-state index contributed by atoms with van der Waals surface area (Å²) in [7, 11) is 1.43. The molecule has 0 atom stereocenters. The molecule has 0 aliphatic rings. The fourth-order valence-electron chi connectivity index (χ4n) is 2.49. The van der Waals surface area contributed by atoms with E-state index >= 15 is 0 Å². The number of halogens is 3. The van der Waals surface area contributed by atoms with Gasteiger partial charge in [-0.25, -0.2) is 9.48 Å². The Balaban J connectivity index is 2.08.